The normalized spacial score (nSPS) is 11.1. The zero-order valence-corrected chi connectivity index (χ0v) is 20.8. The van der Waals surface area contributed by atoms with Gasteiger partial charge in [-0.15, -0.1) is 0 Å². The van der Waals surface area contributed by atoms with Gasteiger partial charge in [-0.05, 0) is 42.0 Å². The number of hydrogen-bond donors (Lipinski definition) is 4. The van der Waals surface area contributed by atoms with E-state index in [1.807, 2.05) is 0 Å². The molecule has 0 saturated carbocycles. The highest BCUT2D eigenvalue weighted by molar-refractivity contribution is 6.31. The first-order valence-corrected chi connectivity index (χ1v) is 11.4. The SMILES string of the molecule is C=CC(=O)Nc1cc(Nc2nc(Nc3cnn(C)c3)ncc2-c2ccc(F)c(Cl)c2)cc(C(F)(F)C(=O)O)c1. The lowest BCUT2D eigenvalue weighted by Gasteiger charge is -2.17. The maximum atomic E-state index is 14.5. The number of carbonyl (C=O) groups excluding carboxylic acids is 1. The zero-order valence-electron chi connectivity index (χ0n) is 20.0. The van der Waals surface area contributed by atoms with Crippen molar-refractivity contribution in [1.82, 2.24) is 19.7 Å². The molecule has 2 aromatic carbocycles. The molecule has 0 saturated heterocycles. The molecule has 0 spiro atoms. The first-order valence-electron chi connectivity index (χ1n) is 11.0. The zero-order chi connectivity index (χ0) is 28.3. The molecular weight excluding hydrogens is 539 g/mol. The minimum atomic E-state index is -4.28. The van der Waals surface area contributed by atoms with Crippen molar-refractivity contribution < 1.29 is 27.9 Å². The van der Waals surface area contributed by atoms with Gasteiger partial charge in [-0.3, -0.25) is 9.48 Å². The van der Waals surface area contributed by atoms with Crippen molar-refractivity contribution in [3.05, 3.63) is 84.0 Å². The fourth-order valence-corrected chi connectivity index (χ4v) is 3.61. The fraction of sp³-hybridized carbons (Fsp3) is 0.0800. The lowest BCUT2D eigenvalue weighted by molar-refractivity contribution is -0.166. The van der Waals surface area contributed by atoms with Crippen molar-refractivity contribution in [3.63, 3.8) is 0 Å². The second kappa shape index (κ2) is 10.8. The molecule has 0 radical (unpaired) electrons. The predicted molar refractivity (Wildman–Crippen MR) is 139 cm³/mol. The molecule has 4 aromatic rings. The smallest absolute Gasteiger partial charge is 0.379 e. The van der Waals surface area contributed by atoms with E-state index in [1.54, 1.807) is 17.9 Å². The molecule has 2 aromatic heterocycles. The van der Waals surface area contributed by atoms with E-state index in [2.05, 4.69) is 37.6 Å². The van der Waals surface area contributed by atoms with E-state index < -0.39 is 29.2 Å². The summed E-state index contributed by atoms with van der Waals surface area (Å²) in [4.78, 5) is 31.8. The van der Waals surface area contributed by atoms with E-state index in [0.29, 0.717) is 16.8 Å². The molecule has 1 amide bonds. The number of benzene rings is 2. The summed E-state index contributed by atoms with van der Waals surface area (Å²) in [7, 11) is 1.71. The van der Waals surface area contributed by atoms with Gasteiger partial charge in [0.05, 0.1) is 16.9 Å². The lowest BCUT2D eigenvalue weighted by Crippen LogP contribution is -2.25. The molecule has 10 nitrogen and oxygen atoms in total. The Morgan fingerprint density at radius 3 is 2.49 bits per heavy atom. The first-order chi connectivity index (χ1) is 18.5. The number of carboxylic acids is 1. The number of hydrogen-bond acceptors (Lipinski definition) is 7. The molecular formula is C25H19ClF3N7O3. The van der Waals surface area contributed by atoms with Crippen LogP contribution in [0.3, 0.4) is 0 Å². The summed E-state index contributed by atoms with van der Waals surface area (Å²) in [6.45, 7) is 3.31. The number of carbonyl (C=O) groups is 2. The second-order valence-electron chi connectivity index (χ2n) is 8.11. The summed E-state index contributed by atoms with van der Waals surface area (Å²) in [6.07, 6.45) is 5.51. The third-order valence-electron chi connectivity index (χ3n) is 5.26. The average molecular weight is 558 g/mol. The maximum Gasteiger partial charge on any atom is 0.379 e. The second-order valence-corrected chi connectivity index (χ2v) is 8.52. The largest absolute Gasteiger partial charge is 0.477 e. The minimum Gasteiger partial charge on any atom is -0.477 e. The number of halogens is 4. The molecule has 0 aliphatic rings. The Hall–Kier alpha value is -4.91. The molecule has 200 valence electrons. The van der Waals surface area contributed by atoms with E-state index in [9.17, 15) is 22.8 Å². The van der Waals surface area contributed by atoms with E-state index in [0.717, 1.165) is 24.3 Å². The number of carboxylic acid groups (broad SMARTS) is 1. The van der Waals surface area contributed by atoms with Crippen LogP contribution in [-0.2, 0) is 22.6 Å². The van der Waals surface area contributed by atoms with Crippen LogP contribution in [0.2, 0.25) is 5.02 Å². The van der Waals surface area contributed by atoms with Gasteiger partial charge in [-0.2, -0.15) is 18.9 Å². The summed E-state index contributed by atoms with van der Waals surface area (Å²) in [5.41, 5.74) is 0.167. The van der Waals surface area contributed by atoms with Crippen LogP contribution in [0.4, 0.5) is 42.0 Å². The Bertz CT molecular complexity index is 1590. The predicted octanol–water partition coefficient (Wildman–Crippen LogP) is 5.46. The summed E-state index contributed by atoms with van der Waals surface area (Å²) >= 11 is 5.96. The molecule has 0 fully saturated rings. The van der Waals surface area contributed by atoms with Crippen LogP contribution in [0, 0.1) is 5.82 Å². The van der Waals surface area contributed by atoms with Gasteiger partial charge in [0.1, 0.15) is 11.6 Å². The number of nitrogens with zero attached hydrogens (tertiary/aromatic N) is 4. The van der Waals surface area contributed by atoms with Crippen molar-refractivity contribution in [1.29, 1.82) is 0 Å². The van der Waals surface area contributed by atoms with Crippen LogP contribution in [0.1, 0.15) is 5.56 Å². The summed E-state index contributed by atoms with van der Waals surface area (Å²) < 4.78 is 44.3. The molecule has 4 N–H and O–H groups in total. The van der Waals surface area contributed by atoms with Crippen molar-refractivity contribution in [3.8, 4) is 11.1 Å². The lowest BCUT2D eigenvalue weighted by atomic mass is 10.1. The summed E-state index contributed by atoms with van der Waals surface area (Å²) in [5, 5.41) is 21.1. The highest BCUT2D eigenvalue weighted by atomic mass is 35.5. The number of anilines is 5. The van der Waals surface area contributed by atoms with Gasteiger partial charge in [0.25, 0.3) is 0 Å². The van der Waals surface area contributed by atoms with Gasteiger partial charge in [0, 0.05) is 41.9 Å². The van der Waals surface area contributed by atoms with E-state index in [1.165, 1.54) is 30.6 Å². The van der Waals surface area contributed by atoms with Gasteiger partial charge in [-0.1, -0.05) is 24.2 Å². The summed E-state index contributed by atoms with van der Waals surface area (Å²) in [5.74, 6) is -7.87. The molecule has 0 atom stereocenters. The molecule has 2 heterocycles. The van der Waals surface area contributed by atoms with Crippen molar-refractivity contribution in [2.75, 3.05) is 16.0 Å². The number of nitrogens with one attached hydrogen (secondary N) is 3. The molecule has 0 aliphatic heterocycles. The number of alkyl halides is 2. The fourth-order valence-electron chi connectivity index (χ4n) is 3.43. The van der Waals surface area contributed by atoms with Crippen LogP contribution in [-0.4, -0.2) is 36.7 Å². The molecule has 39 heavy (non-hydrogen) atoms. The van der Waals surface area contributed by atoms with Gasteiger partial charge in [0.15, 0.2) is 0 Å². The Balaban J connectivity index is 1.83. The van der Waals surface area contributed by atoms with Gasteiger partial charge < -0.3 is 21.1 Å². The van der Waals surface area contributed by atoms with Crippen molar-refractivity contribution in [2.45, 2.75) is 5.92 Å². The first kappa shape index (κ1) is 27.1. The monoisotopic (exact) mass is 557 g/mol. The van der Waals surface area contributed by atoms with Gasteiger partial charge in [-0.25, -0.2) is 14.2 Å². The molecule has 4 rings (SSSR count). The van der Waals surface area contributed by atoms with E-state index in [4.69, 9.17) is 16.7 Å². The number of aryl methyl sites for hydroxylation is 1. The standard InChI is InChI=1S/C25H19ClF3N7O3/c1-3-21(37)32-15-7-14(25(28,29)23(38)39)8-16(9-15)33-22-18(13-4-5-20(27)19(26)6-13)11-30-24(35-22)34-17-10-31-36(2)12-17/h3-12H,1H2,2H3,(H,32,37)(H,38,39)(H2,30,33,34,35). The maximum absolute atomic E-state index is 14.5. The van der Waals surface area contributed by atoms with Crippen LogP contribution in [0.25, 0.3) is 11.1 Å². The highest BCUT2D eigenvalue weighted by Crippen LogP contribution is 2.36. The Morgan fingerprint density at radius 2 is 1.85 bits per heavy atom. The number of rotatable bonds is 9. The van der Waals surface area contributed by atoms with Crippen LogP contribution >= 0.6 is 11.6 Å². The van der Waals surface area contributed by atoms with Crippen LogP contribution in [0.15, 0.2) is 67.6 Å². The molecule has 0 aliphatic carbocycles. The van der Waals surface area contributed by atoms with Gasteiger partial charge in [0.2, 0.25) is 11.9 Å². The molecule has 14 heteroatoms. The Labute approximate surface area is 224 Å². The third-order valence-corrected chi connectivity index (χ3v) is 5.55. The quantitative estimate of drug-likeness (QED) is 0.199. The highest BCUT2D eigenvalue weighted by Gasteiger charge is 2.41. The van der Waals surface area contributed by atoms with E-state index >= 15 is 0 Å². The van der Waals surface area contributed by atoms with E-state index in [-0.39, 0.29) is 28.2 Å². The number of aliphatic carboxylic acids is 1. The summed E-state index contributed by atoms with van der Waals surface area (Å²) in [6, 6.07) is 6.91. The van der Waals surface area contributed by atoms with Crippen LogP contribution in [0.5, 0.6) is 0 Å². The Kier molecular flexibility index (Phi) is 7.54. The van der Waals surface area contributed by atoms with Crippen molar-refractivity contribution >= 4 is 52.3 Å². The average Bonchev–Trinajstić information content (AvgIpc) is 3.30. The minimum absolute atomic E-state index is 0.0479. The molecule has 0 unspecified atom stereocenters. The number of aromatic nitrogens is 4. The van der Waals surface area contributed by atoms with Crippen molar-refractivity contribution in [2.24, 2.45) is 7.05 Å². The molecule has 0 bridgehead atoms. The number of amides is 1. The third kappa shape index (κ3) is 6.15. The topological polar surface area (TPSA) is 134 Å². The Morgan fingerprint density at radius 1 is 1.10 bits per heavy atom. The van der Waals surface area contributed by atoms with Gasteiger partial charge >= 0.3 is 11.9 Å². The van der Waals surface area contributed by atoms with Crippen LogP contribution < -0.4 is 16.0 Å².